The van der Waals surface area contributed by atoms with Gasteiger partial charge in [-0.05, 0) is 5.92 Å². The third-order valence-electron chi connectivity index (χ3n) is 1.89. The number of hydrogen-bond acceptors (Lipinski definition) is 5. The first-order valence-electron chi connectivity index (χ1n) is 5.27. The molecule has 0 saturated carbocycles. The van der Waals surface area contributed by atoms with Gasteiger partial charge in [0.1, 0.15) is 0 Å². The van der Waals surface area contributed by atoms with Crippen LogP contribution in [0, 0.1) is 11.7 Å². The third-order valence-corrected chi connectivity index (χ3v) is 1.89. The Hall–Kier alpha value is -1.92. The highest BCUT2D eigenvalue weighted by molar-refractivity contribution is 5.80. The summed E-state index contributed by atoms with van der Waals surface area (Å²) in [6.07, 6.45) is 0.955. The molecule has 0 bridgehead atoms. The fourth-order valence-corrected chi connectivity index (χ4v) is 1.05. The van der Waals surface area contributed by atoms with E-state index in [9.17, 15) is 9.18 Å². The zero-order valence-electron chi connectivity index (χ0n) is 9.83. The van der Waals surface area contributed by atoms with E-state index in [1.807, 2.05) is 13.8 Å². The molecule has 94 valence electrons. The molecular formula is C10H16FN5O. The summed E-state index contributed by atoms with van der Waals surface area (Å²) in [5.41, 5.74) is 5.30. The van der Waals surface area contributed by atoms with Gasteiger partial charge in [-0.2, -0.15) is 4.98 Å². The Morgan fingerprint density at radius 3 is 2.94 bits per heavy atom. The molecule has 4 N–H and O–H groups in total. The van der Waals surface area contributed by atoms with E-state index in [-0.39, 0.29) is 24.2 Å². The molecule has 1 rings (SSSR count). The van der Waals surface area contributed by atoms with Crippen LogP contribution in [0.25, 0.3) is 0 Å². The summed E-state index contributed by atoms with van der Waals surface area (Å²) in [5, 5.41) is 5.25. The molecule has 0 spiro atoms. The summed E-state index contributed by atoms with van der Waals surface area (Å²) in [6, 6.07) is 0. The molecular weight excluding hydrogens is 225 g/mol. The van der Waals surface area contributed by atoms with Crippen molar-refractivity contribution in [2.24, 2.45) is 5.92 Å². The minimum Gasteiger partial charge on any atom is -0.368 e. The quantitative estimate of drug-likeness (QED) is 0.693. The number of nitrogen functional groups attached to an aromatic ring is 1. The predicted octanol–water partition coefficient (Wildman–Crippen LogP) is 0.382. The maximum absolute atomic E-state index is 13.2. The van der Waals surface area contributed by atoms with E-state index < -0.39 is 5.82 Å². The predicted molar refractivity (Wildman–Crippen MR) is 62.7 cm³/mol. The smallest absolute Gasteiger partial charge is 0.239 e. The zero-order valence-corrected chi connectivity index (χ0v) is 9.83. The molecule has 1 aromatic rings. The van der Waals surface area contributed by atoms with Crippen LogP contribution in [-0.2, 0) is 4.79 Å². The van der Waals surface area contributed by atoms with Crippen molar-refractivity contribution in [2.75, 3.05) is 24.1 Å². The summed E-state index contributed by atoms with van der Waals surface area (Å²) in [7, 11) is 0. The van der Waals surface area contributed by atoms with Gasteiger partial charge < -0.3 is 16.4 Å². The highest BCUT2D eigenvalue weighted by atomic mass is 19.1. The molecule has 0 aliphatic carbocycles. The molecule has 0 radical (unpaired) electrons. The number of nitrogens with zero attached hydrogens (tertiary/aromatic N) is 2. The molecule has 6 nitrogen and oxygen atoms in total. The normalized spacial score (nSPS) is 10.4. The Labute approximate surface area is 98.8 Å². The average molecular weight is 241 g/mol. The van der Waals surface area contributed by atoms with E-state index in [4.69, 9.17) is 5.73 Å². The number of halogens is 1. The molecule has 0 aliphatic heterocycles. The third kappa shape index (κ3) is 4.62. The molecule has 7 heteroatoms. The highest BCUT2D eigenvalue weighted by Gasteiger charge is 2.07. The van der Waals surface area contributed by atoms with E-state index in [0.717, 1.165) is 6.20 Å². The topological polar surface area (TPSA) is 92.9 Å². The van der Waals surface area contributed by atoms with Gasteiger partial charge in [0, 0.05) is 6.54 Å². The Morgan fingerprint density at radius 2 is 2.29 bits per heavy atom. The van der Waals surface area contributed by atoms with Crippen LogP contribution in [0.5, 0.6) is 0 Å². The zero-order chi connectivity index (χ0) is 12.8. The van der Waals surface area contributed by atoms with Crippen LogP contribution >= 0.6 is 0 Å². The van der Waals surface area contributed by atoms with Crippen molar-refractivity contribution in [3.8, 4) is 0 Å². The highest BCUT2D eigenvalue weighted by Crippen LogP contribution is 2.09. The molecule has 0 unspecified atom stereocenters. The molecule has 1 aromatic heterocycles. The monoisotopic (exact) mass is 241 g/mol. The fraction of sp³-hybridized carbons (Fsp3) is 0.500. The second-order valence-corrected chi connectivity index (χ2v) is 3.98. The summed E-state index contributed by atoms with van der Waals surface area (Å²) in [6.45, 7) is 4.49. The van der Waals surface area contributed by atoms with Crippen LogP contribution in [0.3, 0.4) is 0 Å². The number of nitrogens with two attached hydrogens (primary N) is 1. The van der Waals surface area contributed by atoms with Crippen LogP contribution in [0.2, 0.25) is 0 Å². The lowest BCUT2D eigenvalue weighted by atomic mass is 10.2. The Morgan fingerprint density at radius 1 is 1.59 bits per heavy atom. The Bertz CT molecular complexity index is 396. The fourth-order valence-electron chi connectivity index (χ4n) is 1.05. The van der Waals surface area contributed by atoms with Gasteiger partial charge in [0.15, 0.2) is 11.6 Å². The van der Waals surface area contributed by atoms with E-state index in [0.29, 0.717) is 12.5 Å². The number of carbonyl (C=O) groups is 1. The maximum atomic E-state index is 13.2. The summed E-state index contributed by atoms with van der Waals surface area (Å²) in [5.74, 6) is -0.620. The molecule has 1 amide bonds. The molecule has 0 saturated heterocycles. The lowest BCUT2D eigenvalue weighted by Gasteiger charge is -2.09. The number of carbonyl (C=O) groups excluding carboxylic acids is 1. The lowest BCUT2D eigenvalue weighted by molar-refractivity contribution is -0.119. The van der Waals surface area contributed by atoms with Crippen molar-refractivity contribution < 1.29 is 9.18 Å². The van der Waals surface area contributed by atoms with Gasteiger partial charge in [0.25, 0.3) is 0 Å². The van der Waals surface area contributed by atoms with Crippen molar-refractivity contribution in [2.45, 2.75) is 13.8 Å². The van der Waals surface area contributed by atoms with Gasteiger partial charge >= 0.3 is 0 Å². The summed E-state index contributed by atoms with van der Waals surface area (Å²) < 4.78 is 13.2. The van der Waals surface area contributed by atoms with Gasteiger partial charge in [0.05, 0.1) is 12.7 Å². The number of hydrogen-bond donors (Lipinski definition) is 3. The minimum absolute atomic E-state index is 0.0449. The average Bonchev–Trinajstić information content (AvgIpc) is 2.27. The SMILES string of the molecule is CC(C)CNC(=O)CNc1nc(N)ncc1F. The van der Waals surface area contributed by atoms with Crippen molar-refractivity contribution in [1.29, 1.82) is 0 Å². The largest absolute Gasteiger partial charge is 0.368 e. The van der Waals surface area contributed by atoms with Crippen molar-refractivity contribution >= 4 is 17.7 Å². The van der Waals surface area contributed by atoms with Crippen molar-refractivity contribution in [1.82, 2.24) is 15.3 Å². The number of nitrogens with one attached hydrogen (secondary N) is 2. The van der Waals surface area contributed by atoms with Gasteiger partial charge in [-0.15, -0.1) is 0 Å². The minimum atomic E-state index is -0.643. The van der Waals surface area contributed by atoms with Gasteiger partial charge in [-0.1, -0.05) is 13.8 Å². The maximum Gasteiger partial charge on any atom is 0.239 e. The molecule has 0 aromatic carbocycles. The number of amides is 1. The van der Waals surface area contributed by atoms with Crippen LogP contribution < -0.4 is 16.4 Å². The first-order chi connectivity index (χ1) is 7.99. The van der Waals surface area contributed by atoms with Crippen LogP contribution in [0.15, 0.2) is 6.20 Å². The van der Waals surface area contributed by atoms with Gasteiger partial charge in [-0.25, -0.2) is 9.37 Å². The van der Waals surface area contributed by atoms with Gasteiger partial charge in [0.2, 0.25) is 11.9 Å². The first-order valence-corrected chi connectivity index (χ1v) is 5.27. The second kappa shape index (κ2) is 5.97. The van der Waals surface area contributed by atoms with Crippen LogP contribution in [0.4, 0.5) is 16.2 Å². The number of aromatic nitrogens is 2. The van der Waals surface area contributed by atoms with Crippen LogP contribution in [-0.4, -0.2) is 29.0 Å². The Kier molecular flexibility index (Phi) is 4.62. The molecule has 1 heterocycles. The molecule has 0 atom stereocenters. The van der Waals surface area contributed by atoms with E-state index in [1.165, 1.54) is 0 Å². The van der Waals surface area contributed by atoms with Crippen molar-refractivity contribution in [3.05, 3.63) is 12.0 Å². The molecule has 0 aliphatic rings. The lowest BCUT2D eigenvalue weighted by Crippen LogP contribution is -2.32. The molecule has 0 fully saturated rings. The Balaban J connectivity index is 2.44. The molecule has 17 heavy (non-hydrogen) atoms. The van der Waals surface area contributed by atoms with E-state index in [1.54, 1.807) is 0 Å². The second-order valence-electron chi connectivity index (χ2n) is 3.98. The van der Waals surface area contributed by atoms with Gasteiger partial charge in [-0.3, -0.25) is 4.79 Å². The number of anilines is 2. The number of rotatable bonds is 5. The van der Waals surface area contributed by atoms with Crippen LogP contribution in [0.1, 0.15) is 13.8 Å². The summed E-state index contributed by atoms with van der Waals surface area (Å²) in [4.78, 5) is 18.5. The van der Waals surface area contributed by atoms with E-state index in [2.05, 4.69) is 20.6 Å². The summed E-state index contributed by atoms with van der Waals surface area (Å²) >= 11 is 0. The van der Waals surface area contributed by atoms with Crippen molar-refractivity contribution in [3.63, 3.8) is 0 Å². The first kappa shape index (κ1) is 13.1. The van der Waals surface area contributed by atoms with E-state index >= 15 is 0 Å². The standard InChI is InChI=1S/C10H16FN5O/c1-6(2)3-13-8(17)5-14-9-7(11)4-15-10(12)16-9/h4,6H,3,5H2,1-2H3,(H,13,17)(H3,12,14,15,16).